The number of likely N-dealkylation sites (N-methyl/N-ethyl adjacent to an activating group) is 2. The van der Waals surface area contributed by atoms with Crippen molar-refractivity contribution < 1.29 is 14.7 Å². The summed E-state index contributed by atoms with van der Waals surface area (Å²) in [7, 11) is 3.03. The number of carbonyl (C=O) groups excluding carboxylic acids is 1. The monoisotopic (exact) mass is 188 g/mol. The number of aliphatic carboxylic acids is 1. The normalized spacial score (nSPS) is 12.7. The Labute approximate surface area is 77.7 Å². The summed E-state index contributed by atoms with van der Waals surface area (Å²) in [5.74, 6) is -1.58. The van der Waals surface area contributed by atoms with E-state index in [1.165, 1.54) is 11.9 Å². The average molecular weight is 188 g/mol. The van der Waals surface area contributed by atoms with Gasteiger partial charge in [-0.2, -0.15) is 0 Å². The van der Waals surface area contributed by atoms with Crippen molar-refractivity contribution in [2.45, 2.75) is 25.9 Å². The van der Waals surface area contributed by atoms with E-state index in [4.69, 9.17) is 5.11 Å². The standard InChI is InChI=1S/C8H16N2O3/c1-5(2)10(4)7(11)6(9-3)8(12)13/h5-6,9H,1-4H3,(H,12,13). The molecule has 2 N–H and O–H groups in total. The van der Waals surface area contributed by atoms with Crippen molar-refractivity contribution in [3.05, 3.63) is 0 Å². The summed E-state index contributed by atoms with van der Waals surface area (Å²) in [4.78, 5) is 23.4. The first-order valence-corrected chi connectivity index (χ1v) is 4.08. The molecule has 0 aromatic carbocycles. The van der Waals surface area contributed by atoms with Crippen molar-refractivity contribution in [2.24, 2.45) is 0 Å². The zero-order valence-electron chi connectivity index (χ0n) is 8.37. The van der Waals surface area contributed by atoms with Gasteiger partial charge in [0.05, 0.1) is 0 Å². The molecule has 1 unspecified atom stereocenters. The predicted octanol–water partition coefficient (Wildman–Crippen LogP) is -0.474. The molecule has 0 heterocycles. The number of rotatable bonds is 4. The second kappa shape index (κ2) is 4.81. The smallest absolute Gasteiger partial charge is 0.330 e. The van der Waals surface area contributed by atoms with Crippen LogP contribution in [-0.4, -0.2) is 48.1 Å². The molecule has 5 nitrogen and oxygen atoms in total. The first-order valence-electron chi connectivity index (χ1n) is 4.08. The van der Waals surface area contributed by atoms with E-state index in [-0.39, 0.29) is 6.04 Å². The molecule has 76 valence electrons. The fourth-order valence-electron chi connectivity index (χ4n) is 0.811. The minimum atomic E-state index is -1.15. The average Bonchev–Trinajstić information content (AvgIpc) is 2.03. The largest absolute Gasteiger partial charge is 0.480 e. The van der Waals surface area contributed by atoms with Crippen molar-refractivity contribution in [3.8, 4) is 0 Å². The van der Waals surface area contributed by atoms with Gasteiger partial charge in [-0.1, -0.05) is 0 Å². The van der Waals surface area contributed by atoms with Gasteiger partial charge in [-0.3, -0.25) is 10.1 Å². The van der Waals surface area contributed by atoms with Crippen LogP contribution in [0.1, 0.15) is 13.8 Å². The lowest BCUT2D eigenvalue weighted by Crippen LogP contribution is -2.50. The molecule has 13 heavy (non-hydrogen) atoms. The lowest BCUT2D eigenvalue weighted by atomic mass is 10.2. The molecule has 0 aliphatic heterocycles. The molecule has 0 radical (unpaired) electrons. The molecule has 0 spiro atoms. The summed E-state index contributed by atoms with van der Waals surface area (Å²) >= 11 is 0. The molecule has 0 fully saturated rings. The van der Waals surface area contributed by atoms with E-state index < -0.39 is 17.9 Å². The van der Waals surface area contributed by atoms with Crippen LogP contribution < -0.4 is 5.32 Å². The molecule has 0 saturated heterocycles. The number of hydrogen-bond donors (Lipinski definition) is 2. The number of nitrogens with zero attached hydrogens (tertiary/aromatic N) is 1. The van der Waals surface area contributed by atoms with Crippen molar-refractivity contribution in [3.63, 3.8) is 0 Å². The van der Waals surface area contributed by atoms with Gasteiger partial charge in [0.1, 0.15) is 0 Å². The second-order valence-corrected chi connectivity index (χ2v) is 3.10. The number of nitrogens with one attached hydrogen (secondary N) is 1. The van der Waals surface area contributed by atoms with Crippen molar-refractivity contribution in [1.82, 2.24) is 10.2 Å². The maximum atomic E-state index is 11.4. The van der Waals surface area contributed by atoms with Gasteiger partial charge in [0.15, 0.2) is 6.04 Å². The van der Waals surface area contributed by atoms with E-state index in [1.807, 2.05) is 13.8 Å². The fraction of sp³-hybridized carbons (Fsp3) is 0.750. The van der Waals surface area contributed by atoms with Gasteiger partial charge in [0, 0.05) is 13.1 Å². The van der Waals surface area contributed by atoms with Crippen LogP contribution in [0.3, 0.4) is 0 Å². The lowest BCUT2D eigenvalue weighted by molar-refractivity contribution is -0.147. The Kier molecular flexibility index (Phi) is 4.40. The van der Waals surface area contributed by atoms with E-state index in [2.05, 4.69) is 5.32 Å². The summed E-state index contributed by atoms with van der Waals surface area (Å²) in [5, 5.41) is 11.1. The molecule has 0 aromatic rings. The van der Waals surface area contributed by atoms with E-state index in [9.17, 15) is 9.59 Å². The Morgan fingerprint density at radius 3 is 2.08 bits per heavy atom. The van der Waals surface area contributed by atoms with Gasteiger partial charge in [0.25, 0.3) is 5.91 Å². The highest BCUT2D eigenvalue weighted by Gasteiger charge is 2.27. The van der Waals surface area contributed by atoms with Crippen LogP contribution in [0.25, 0.3) is 0 Å². The molecule has 0 aliphatic carbocycles. The van der Waals surface area contributed by atoms with Gasteiger partial charge < -0.3 is 10.0 Å². The number of carboxylic acid groups (broad SMARTS) is 1. The highest BCUT2D eigenvalue weighted by molar-refractivity contribution is 6.01. The molecule has 0 aliphatic rings. The molecule has 0 saturated carbocycles. The van der Waals surface area contributed by atoms with Gasteiger partial charge in [0.2, 0.25) is 0 Å². The summed E-state index contributed by atoms with van der Waals surface area (Å²) in [6.07, 6.45) is 0. The molecular formula is C8H16N2O3. The van der Waals surface area contributed by atoms with E-state index in [0.29, 0.717) is 0 Å². The second-order valence-electron chi connectivity index (χ2n) is 3.10. The molecule has 1 atom stereocenters. The Morgan fingerprint density at radius 1 is 1.38 bits per heavy atom. The Bertz CT molecular complexity index is 204. The first-order chi connectivity index (χ1) is 5.91. The van der Waals surface area contributed by atoms with Crippen LogP contribution in [0, 0.1) is 0 Å². The maximum absolute atomic E-state index is 11.4. The zero-order chi connectivity index (χ0) is 10.6. The third-order valence-electron chi connectivity index (χ3n) is 1.90. The Balaban J connectivity index is 4.46. The zero-order valence-corrected chi connectivity index (χ0v) is 8.37. The summed E-state index contributed by atoms with van der Waals surface area (Å²) in [6, 6.07) is -1.14. The Morgan fingerprint density at radius 2 is 1.85 bits per heavy atom. The van der Waals surface area contributed by atoms with Crippen molar-refractivity contribution in [1.29, 1.82) is 0 Å². The minimum absolute atomic E-state index is 0.00250. The number of carbonyl (C=O) groups is 2. The van der Waals surface area contributed by atoms with Gasteiger partial charge in [-0.05, 0) is 20.9 Å². The first kappa shape index (κ1) is 11.9. The van der Waals surface area contributed by atoms with E-state index in [0.717, 1.165) is 0 Å². The number of amides is 1. The highest BCUT2D eigenvalue weighted by Crippen LogP contribution is 1.98. The topological polar surface area (TPSA) is 69.6 Å². The quantitative estimate of drug-likeness (QED) is 0.585. The van der Waals surface area contributed by atoms with Gasteiger partial charge in [-0.15, -0.1) is 0 Å². The van der Waals surface area contributed by atoms with Crippen LogP contribution in [0.2, 0.25) is 0 Å². The molecule has 0 aromatic heterocycles. The van der Waals surface area contributed by atoms with Crippen LogP contribution in [-0.2, 0) is 9.59 Å². The van der Waals surface area contributed by atoms with E-state index >= 15 is 0 Å². The molecule has 0 bridgehead atoms. The summed E-state index contributed by atoms with van der Waals surface area (Å²) in [6.45, 7) is 3.65. The van der Waals surface area contributed by atoms with Crippen LogP contribution >= 0.6 is 0 Å². The van der Waals surface area contributed by atoms with Crippen LogP contribution in [0.15, 0.2) is 0 Å². The van der Waals surface area contributed by atoms with Crippen molar-refractivity contribution >= 4 is 11.9 Å². The number of hydrogen-bond acceptors (Lipinski definition) is 3. The van der Waals surface area contributed by atoms with Crippen LogP contribution in [0.5, 0.6) is 0 Å². The molecular weight excluding hydrogens is 172 g/mol. The summed E-state index contributed by atoms with van der Waals surface area (Å²) in [5.41, 5.74) is 0. The molecule has 5 heteroatoms. The van der Waals surface area contributed by atoms with Gasteiger partial charge >= 0.3 is 5.97 Å². The minimum Gasteiger partial charge on any atom is -0.480 e. The maximum Gasteiger partial charge on any atom is 0.330 e. The number of carboxylic acids is 1. The van der Waals surface area contributed by atoms with Gasteiger partial charge in [-0.25, -0.2) is 4.79 Å². The van der Waals surface area contributed by atoms with E-state index in [1.54, 1.807) is 7.05 Å². The third-order valence-corrected chi connectivity index (χ3v) is 1.90. The fourth-order valence-corrected chi connectivity index (χ4v) is 0.811. The summed E-state index contributed by atoms with van der Waals surface area (Å²) < 4.78 is 0. The molecule has 1 amide bonds. The van der Waals surface area contributed by atoms with Crippen LogP contribution in [0.4, 0.5) is 0 Å². The Hall–Kier alpha value is -1.10. The van der Waals surface area contributed by atoms with Crippen molar-refractivity contribution in [2.75, 3.05) is 14.1 Å². The molecule has 0 rings (SSSR count). The highest BCUT2D eigenvalue weighted by atomic mass is 16.4. The third kappa shape index (κ3) is 3.02. The SMILES string of the molecule is CNC(C(=O)O)C(=O)N(C)C(C)C. The lowest BCUT2D eigenvalue weighted by Gasteiger charge is -2.24. The predicted molar refractivity (Wildman–Crippen MR) is 48.4 cm³/mol.